The van der Waals surface area contributed by atoms with Gasteiger partial charge in [0.1, 0.15) is 11.5 Å². The van der Waals surface area contributed by atoms with Crippen molar-refractivity contribution in [1.82, 2.24) is 15.2 Å². The van der Waals surface area contributed by atoms with E-state index in [4.69, 9.17) is 9.47 Å². The summed E-state index contributed by atoms with van der Waals surface area (Å²) < 4.78 is 10.8. The Hall–Kier alpha value is -3.34. The smallest absolute Gasteiger partial charge is 0.123 e. The minimum atomic E-state index is 0.733. The number of hydrogen-bond donors (Lipinski definition) is 1. The quantitative estimate of drug-likeness (QED) is 0.605. The molecule has 0 saturated heterocycles. The van der Waals surface area contributed by atoms with Gasteiger partial charge >= 0.3 is 0 Å². The van der Waals surface area contributed by atoms with E-state index in [0.29, 0.717) is 0 Å². The lowest BCUT2D eigenvalue weighted by Gasteiger charge is -2.12. The van der Waals surface area contributed by atoms with E-state index in [0.717, 1.165) is 44.8 Å². The van der Waals surface area contributed by atoms with Crippen LogP contribution < -0.4 is 9.47 Å². The fourth-order valence-corrected chi connectivity index (χ4v) is 2.92. The van der Waals surface area contributed by atoms with Gasteiger partial charge in [0.05, 0.1) is 31.6 Å². The van der Waals surface area contributed by atoms with Crippen molar-refractivity contribution in [2.45, 2.75) is 0 Å². The maximum atomic E-state index is 5.39. The highest BCUT2D eigenvalue weighted by atomic mass is 16.5. The average Bonchev–Trinajstić information content (AvgIpc) is 3.15. The number of benzene rings is 2. The fraction of sp³-hybridized carbons (Fsp3) is 0.100. The third kappa shape index (κ3) is 2.80. The first-order valence-electron chi connectivity index (χ1n) is 7.90. The molecule has 25 heavy (non-hydrogen) atoms. The first-order valence-corrected chi connectivity index (χ1v) is 7.90. The molecule has 2 heterocycles. The van der Waals surface area contributed by atoms with Crippen molar-refractivity contribution in [2.75, 3.05) is 14.2 Å². The lowest BCUT2D eigenvalue weighted by molar-refractivity contribution is 0.394. The summed E-state index contributed by atoms with van der Waals surface area (Å²) in [5.74, 6) is 1.47. The molecule has 0 amide bonds. The molecule has 4 aromatic rings. The van der Waals surface area contributed by atoms with E-state index in [1.165, 1.54) is 0 Å². The van der Waals surface area contributed by atoms with Crippen molar-refractivity contribution in [2.24, 2.45) is 0 Å². The molecule has 0 saturated carbocycles. The van der Waals surface area contributed by atoms with Crippen LogP contribution in [0.2, 0.25) is 0 Å². The Bertz CT molecular complexity index is 1020. The Labute approximate surface area is 145 Å². The first kappa shape index (κ1) is 15.2. The van der Waals surface area contributed by atoms with E-state index >= 15 is 0 Å². The van der Waals surface area contributed by atoms with E-state index in [9.17, 15) is 0 Å². The number of ether oxygens (including phenoxy) is 2. The monoisotopic (exact) mass is 331 g/mol. The Balaban J connectivity index is 1.89. The van der Waals surface area contributed by atoms with Crippen LogP contribution in [0.3, 0.4) is 0 Å². The highest BCUT2D eigenvalue weighted by molar-refractivity contribution is 5.88. The predicted octanol–water partition coefficient (Wildman–Crippen LogP) is 4.31. The van der Waals surface area contributed by atoms with Crippen LogP contribution in [-0.2, 0) is 0 Å². The summed E-state index contributed by atoms with van der Waals surface area (Å²) in [6, 6.07) is 16.0. The first-order chi connectivity index (χ1) is 12.3. The molecule has 2 aromatic carbocycles. The Kier molecular flexibility index (Phi) is 3.82. The SMILES string of the molecule is COc1cc(OC)cc(-c2ncccc2-c2ccc3[nH]ncc3c2)c1. The maximum absolute atomic E-state index is 5.39. The van der Waals surface area contributed by atoms with Crippen LogP contribution in [0.25, 0.3) is 33.3 Å². The van der Waals surface area contributed by atoms with Gasteiger partial charge in [-0.05, 0) is 35.9 Å². The molecular weight excluding hydrogens is 314 g/mol. The third-order valence-electron chi connectivity index (χ3n) is 4.18. The van der Waals surface area contributed by atoms with Crippen LogP contribution in [-0.4, -0.2) is 29.4 Å². The zero-order chi connectivity index (χ0) is 17.2. The number of rotatable bonds is 4. The van der Waals surface area contributed by atoms with Gasteiger partial charge in [0.2, 0.25) is 0 Å². The second kappa shape index (κ2) is 6.28. The summed E-state index contributed by atoms with van der Waals surface area (Å²) in [6.45, 7) is 0. The third-order valence-corrected chi connectivity index (χ3v) is 4.18. The molecule has 0 radical (unpaired) electrons. The molecule has 5 heteroatoms. The molecule has 1 N–H and O–H groups in total. The highest BCUT2D eigenvalue weighted by Crippen LogP contribution is 2.35. The summed E-state index contributed by atoms with van der Waals surface area (Å²) in [6.07, 6.45) is 3.62. The fourth-order valence-electron chi connectivity index (χ4n) is 2.92. The van der Waals surface area contributed by atoms with Gasteiger partial charge in [-0.3, -0.25) is 10.1 Å². The maximum Gasteiger partial charge on any atom is 0.123 e. The van der Waals surface area contributed by atoms with Crippen molar-refractivity contribution in [3.8, 4) is 33.9 Å². The molecule has 0 aliphatic heterocycles. The van der Waals surface area contributed by atoms with E-state index in [2.05, 4.69) is 33.4 Å². The van der Waals surface area contributed by atoms with Crippen LogP contribution in [0.15, 0.2) is 60.9 Å². The molecule has 0 unspecified atom stereocenters. The number of hydrogen-bond acceptors (Lipinski definition) is 4. The molecule has 0 atom stereocenters. The Morgan fingerprint density at radius 1 is 0.880 bits per heavy atom. The normalized spacial score (nSPS) is 10.8. The lowest BCUT2D eigenvalue weighted by Crippen LogP contribution is -1.92. The number of H-pyrrole nitrogens is 1. The zero-order valence-electron chi connectivity index (χ0n) is 14.0. The molecule has 0 fully saturated rings. The van der Waals surface area contributed by atoms with Gasteiger partial charge in [0.25, 0.3) is 0 Å². The van der Waals surface area contributed by atoms with E-state index in [1.54, 1.807) is 20.4 Å². The summed E-state index contributed by atoms with van der Waals surface area (Å²) in [4.78, 5) is 4.61. The molecule has 0 aliphatic carbocycles. The summed E-state index contributed by atoms with van der Waals surface area (Å²) in [5.41, 5.74) is 4.96. The van der Waals surface area contributed by atoms with Crippen LogP contribution in [0.4, 0.5) is 0 Å². The Morgan fingerprint density at radius 3 is 2.44 bits per heavy atom. The number of aromatic amines is 1. The molecule has 2 aromatic heterocycles. The predicted molar refractivity (Wildman–Crippen MR) is 97.9 cm³/mol. The number of fused-ring (bicyclic) bond motifs is 1. The lowest BCUT2D eigenvalue weighted by atomic mass is 9.98. The standard InChI is InChI=1S/C20H17N3O2/c1-24-16-9-14(10-17(11-16)25-2)20-18(4-3-7-21-20)13-5-6-19-15(8-13)12-22-23-19/h3-12H,1-2H3,(H,22,23). The molecular formula is C20H17N3O2. The van der Waals surface area contributed by atoms with Crippen LogP contribution >= 0.6 is 0 Å². The summed E-state index contributed by atoms with van der Waals surface area (Å²) >= 11 is 0. The molecule has 5 nitrogen and oxygen atoms in total. The largest absolute Gasteiger partial charge is 0.497 e. The zero-order valence-corrected chi connectivity index (χ0v) is 14.0. The number of nitrogens with zero attached hydrogens (tertiary/aromatic N) is 2. The van der Waals surface area contributed by atoms with Gasteiger partial charge in [-0.25, -0.2) is 0 Å². The topological polar surface area (TPSA) is 60.0 Å². The number of nitrogens with one attached hydrogen (secondary N) is 1. The molecule has 4 rings (SSSR count). The van der Waals surface area contributed by atoms with E-state index < -0.39 is 0 Å². The minimum absolute atomic E-state index is 0.733. The summed E-state index contributed by atoms with van der Waals surface area (Å²) in [5, 5.41) is 8.13. The van der Waals surface area contributed by atoms with Crippen molar-refractivity contribution in [1.29, 1.82) is 0 Å². The van der Waals surface area contributed by atoms with Gasteiger partial charge in [-0.1, -0.05) is 12.1 Å². The summed E-state index contributed by atoms with van der Waals surface area (Å²) in [7, 11) is 3.29. The molecule has 0 bridgehead atoms. The molecule has 124 valence electrons. The Morgan fingerprint density at radius 2 is 1.68 bits per heavy atom. The molecule has 0 spiro atoms. The van der Waals surface area contributed by atoms with Gasteiger partial charge in [-0.2, -0.15) is 5.10 Å². The second-order valence-electron chi connectivity index (χ2n) is 5.67. The van der Waals surface area contributed by atoms with Gasteiger partial charge in [0, 0.05) is 28.8 Å². The van der Waals surface area contributed by atoms with E-state index in [-0.39, 0.29) is 0 Å². The van der Waals surface area contributed by atoms with Crippen LogP contribution in [0.5, 0.6) is 11.5 Å². The van der Waals surface area contributed by atoms with Crippen molar-refractivity contribution in [3.05, 3.63) is 60.9 Å². The van der Waals surface area contributed by atoms with E-state index in [1.807, 2.05) is 36.5 Å². The van der Waals surface area contributed by atoms with Crippen molar-refractivity contribution < 1.29 is 9.47 Å². The van der Waals surface area contributed by atoms with Crippen molar-refractivity contribution >= 4 is 10.9 Å². The van der Waals surface area contributed by atoms with Gasteiger partial charge in [0.15, 0.2) is 0 Å². The number of methoxy groups -OCH3 is 2. The van der Waals surface area contributed by atoms with Crippen LogP contribution in [0.1, 0.15) is 0 Å². The highest BCUT2D eigenvalue weighted by Gasteiger charge is 2.12. The molecule has 0 aliphatic rings. The minimum Gasteiger partial charge on any atom is -0.497 e. The van der Waals surface area contributed by atoms with Gasteiger partial charge < -0.3 is 9.47 Å². The van der Waals surface area contributed by atoms with Gasteiger partial charge in [-0.15, -0.1) is 0 Å². The van der Waals surface area contributed by atoms with Crippen molar-refractivity contribution in [3.63, 3.8) is 0 Å². The second-order valence-corrected chi connectivity index (χ2v) is 5.67. The number of pyridine rings is 1. The van der Waals surface area contributed by atoms with Crippen LogP contribution in [0, 0.1) is 0 Å². The number of aromatic nitrogens is 3. The average molecular weight is 331 g/mol.